The molecule has 100 valence electrons. The number of benzene rings is 2. The van der Waals surface area contributed by atoms with Crippen molar-refractivity contribution < 1.29 is 5.11 Å². The summed E-state index contributed by atoms with van der Waals surface area (Å²) in [6.07, 6.45) is 0.732. The van der Waals surface area contributed by atoms with E-state index in [2.05, 4.69) is 48.6 Å². The Labute approximate surface area is 115 Å². The fourth-order valence-corrected chi connectivity index (χ4v) is 2.26. The fraction of sp³-hybridized carbons (Fsp3) is 0.294. The largest absolute Gasteiger partial charge is 0.396 e. The van der Waals surface area contributed by atoms with Crippen LogP contribution in [0, 0.1) is 6.92 Å². The molecule has 2 N–H and O–H groups in total. The zero-order chi connectivity index (χ0) is 13.5. The lowest BCUT2D eigenvalue weighted by Crippen LogP contribution is -2.22. The molecule has 2 rings (SSSR count). The molecule has 0 aromatic heterocycles. The van der Waals surface area contributed by atoms with Crippen LogP contribution >= 0.6 is 0 Å². The number of aliphatic hydroxyl groups is 1. The molecular formula is C17H21NO. The number of aryl methyl sites for hydroxylation is 1. The molecule has 0 aliphatic heterocycles. The Balaban J connectivity index is 2.01. The molecule has 0 radical (unpaired) electrons. The molecule has 0 fully saturated rings. The fourth-order valence-electron chi connectivity index (χ4n) is 2.26. The normalized spacial score (nSPS) is 12.3. The van der Waals surface area contributed by atoms with Gasteiger partial charge in [-0.1, -0.05) is 60.2 Å². The van der Waals surface area contributed by atoms with Crippen molar-refractivity contribution >= 4 is 0 Å². The smallest absolute Gasteiger partial charge is 0.0449 e. The van der Waals surface area contributed by atoms with Crippen molar-refractivity contribution in [3.63, 3.8) is 0 Å². The number of rotatable bonds is 6. The van der Waals surface area contributed by atoms with E-state index >= 15 is 0 Å². The third-order valence-electron chi connectivity index (χ3n) is 3.25. The number of aliphatic hydroxyl groups excluding tert-OH is 1. The summed E-state index contributed by atoms with van der Waals surface area (Å²) >= 11 is 0. The van der Waals surface area contributed by atoms with E-state index in [4.69, 9.17) is 0 Å². The predicted octanol–water partition coefficient (Wildman–Crippen LogP) is 3.21. The van der Waals surface area contributed by atoms with E-state index in [9.17, 15) is 5.11 Å². The van der Waals surface area contributed by atoms with Gasteiger partial charge in [0, 0.05) is 19.2 Å². The van der Waals surface area contributed by atoms with Crippen molar-refractivity contribution in [3.05, 3.63) is 71.3 Å². The second-order valence-corrected chi connectivity index (χ2v) is 4.85. The van der Waals surface area contributed by atoms with Gasteiger partial charge in [-0.2, -0.15) is 0 Å². The first kappa shape index (κ1) is 13.8. The summed E-state index contributed by atoms with van der Waals surface area (Å²) in [6, 6.07) is 19.0. The highest BCUT2D eigenvalue weighted by molar-refractivity contribution is 5.23. The van der Waals surface area contributed by atoms with E-state index in [0.29, 0.717) is 0 Å². The minimum Gasteiger partial charge on any atom is -0.396 e. The Hall–Kier alpha value is -1.64. The van der Waals surface area contributed by atoms with Gasteiger partial charge in [0.25, 0.3) is 0 Å². The average Bonchev–Trinajstić information content (AvgIpc) is 2.44. The molecule has 0 aliphatic carbocycles. The molecule has 2 aromatic rings. The van der Waals surface area contributed by atoms with Crippen LogP contribution in [0.4, 0.5) is 0 Å². The highest BCUT2D eigenvalue weighted by Gasteiger charge is 2.09. The topological polar surface area (TPSA) is 32.3 Å². The maximum absolute atomic E-state index is 9.20. The first-order valence-electron chi connectivity index (χ1n) is 6.74. The molecule has 0 aliphatic rings. The van der Waals surface area contributed by atoms with Crippen LogP contribution < -0.4 is 5.32 Å². The van der Waals surface area contributed by atoms with Crippen LogP contribution in [0.5, 0.6) is 0 Å². The van der Waals surface area contributed by atoms with Crippen LogP contribution in [0.15, 0.2) is 54.6 Å². The lowest BCUT2D eigenvalue weighted by Gasteiger charge is -2.18. The van der Waals surface area contributed by atoms with E-state index in [1.54, 1.807) is 0 Å². The van der Waals surface area contributed by atoms with Crippen molar-refractivity contribution in [2.24, 2.45) is 0 Å². The number of nitrogens with one attached hydrogen (secondary N) is 1. The molecule has 2 nitrogen and oxygen atoms in total. The SMILES string of the molecule is Cc1cccc(CN[C@H](CCO)c2ccccc2)c1. The van der Waals surface area contributed by atoms with Gasteiger partial charge in [0.05, 0.1) is 0 Å². The molecule has 0 heterocycles. The van der Waals surface area contributed by atoms with Gasteiger partial charge in [-0.05, 0) is 24.5 Å². The predicted molar refractivity (Wildman–Crippen MR) is 78.9 cm³/mol. The molecule has 2 heteroatoms. The zero-order valence-electron chi connectivity index (χ0n) is 11.3. The van der Waals surface area contributed by atoms with Crippen LogP contribution in [0.3, 0.4) is 0 Å². The van der Waals surface area contributed by atoms with E-state index < -0.39 is 0 Å². The molecule has 19 heavy (non-hydrogen) atoms. The molecule has 0 saturated carbocycles. The summed E-state index contributed by atoms with van der Waals surface area (Å²) in [5.41, 5.74) is 3.78. The van der Waals surface area contributed by atoms with E-state index in [1.165, 1.54) is 16.7 Å². The van der Waals surface area contributed by atoms with Gasteiger partial charge in [-0.15, -0.1) is 0 Å². The lowest BCUT2D eigenvalue weighted by atomic mass is 10.0. The molecule has 1 atom stereocenters. The maximum atomic E-state index is 9.20. The second kappa shape index (κ2) is 7.07. The molecule has 0 unspecified atom stereocenters. The quantitative estimate of drug-likeness (QED) is 0.830. The summed E-state index contributed by atoms with van der Waals surface area (Å²) in [6.45, 7) is 3.12. The number of hydrogen-bond donors (Lipinski definition) is 2. The summed E-state index contributed by atoms with van der Waals surface area (Å²) in [7, 11) is 0. The summed E-state index contributed by atoms with van der Waals surface area (Å²) in [5.74, 6) is 0. The Bertz CT molecular complexity index is 496. The van der Waals surface area contributed by atoms with E-state index in [1.807, 2.05) is 18.2 Å². The molecule has 0 spiro atoms. The minimum atomic E-state index is 0.195. The van der Waals surface area contributed by atoms with Gasteiger partial charge in [-0.25, -0.2) is 0 Å². The van der Waals surface area contributed by atoms with Crippen molar-refractivity contribution in [1.29, 1.82) is 0 Å². The molecule has 0 saturated heterocycles. The maximum Gasteiger partial charge on any atom is 0.0449 e. The van der Waals surface area contributed by atoms with Gasteiger partial charge in [0.2, 0.25) is 0 Å². The van der Waals surface area contributed by atoms with Crippen molar-refractivity contribution in [3.8, 4) is 0 Å². The van der Waals surface area contributed by atoms with Crippen LogP contribution in [-0.2, 0) is 6.54 Å². The Morgan fingerprint density at radius 1 is 1.05 bits per heavy atom. The Kier molecular flexibility index (Phi) is 5.13. The Morgan fingerprint density at radius 2 is 1.84 bits per heavy atom. The summed E-state index contributed by atoms with van der Waals surface area (Å²) in [5, 5.41) is 12.7. The monoisotopic (exact) mass is 255 g/mol. The third kappa shape index (κ3) is 4.19. The first-order chi connectivity index (χ1) is 9.29. The zero-order valence-corrected chi connectivity index (χ0v) is 11.3. The number of hydrogen-bond acceptors (Lipinski definition) is 2. The molecule has 0 amide bonds. The van der Waals surface area contributed by atoms with Crippen LogP contribution in [0.25, 0.3) is 0 Å². The molecular weight excluding hydrogens is 234 g/mol. The van der Waals surface area contributed by atoms with Crippen LogP contribution in [-0.4, -0.2) is 11.7 Å². The highest BCUT2D eigenvalue weighted by atomic mass is 16.3. The van der Waals surface area contributed by atoms with Crippen LogP contribution in [0.2, 0.25) is 0 Å². The average molecular weight is 255 g/mol. The molecule has 0 bridgehead atoms. The van der Waals surface area contributed by atoms with Crippen molar-refractivity contribution in [2.45, 2.75) is 25.9 Å². The van der Waals surface area contributed by atoms with Crippen LogP contribution in [0.1, 0.15) is 29.2 Å². The highest BCUT2D eigenvalue weighted by Crippen LogP contribution is 2.17. The van der Waals surface area contributed by atoms with Gasteiger partial charge < -0.3 is 10.4 Å². The van der Waals surface area contributed by atoms with Gasteiger partial charge >= 0.3 is 0 Å². The summed E-state index contributed by atoms with van der Waals surface area (Å²) in [4.78, 5) is 0. The lowest BCUT2D eigenvalue weighted by molar-refractivity contribution is 0.265. The van der Waals surface area contributed by atoms with Crippen molar-refractivity contribution in [1.82, 2.24) is 5.32 Å². The second-order valence-electron chi connectivity index (χ2n) is 4.85. The van der Waals surface area contributed by atoms with Gasteiger partial charge in [0.15, 0.2) is 0 Å². The van der Waals surface area contributed by atoms with Crippen molar-refractivity contribution in [2.75, 3.05) is 6.61 Å². The van der Waals surface area contributed by atoms with Gasteiger partial charge in [0.1, 0.15) is 0 Å². The molecule has 2 aromatic carbocycles. The minimum absolute atomic E-state index is 0.195. The van der Waals surface area contributed by atoms with E-state index in [-0.39, 0.29) is 12.6 Å². The summed E-state index contributed by atoms with van der Waals surface area (Å²) < 4.78 is 0. The Morgan fingerprint density at radius 3 is 2.53 bits per heavy atom. The first-order valence-corrected chi connectivity index (χ1v) is 6.74. The van der Waals surface area contributed by atoms with E-state index in [0.717, 1.165) is 13.0 Å². The van der Waals surface area contributed by atoms with Gasteiger partial charge in [-0.3, -0.25) is 0 Å². The standard InChI is InChI=1S/C17H21NO/c1-14-6-5-7-15(12-14)13-18-17(10-11-19)16-8-3-2-4-9-16/h2-9,12,17-19H,10-11,13H2,1H3/t17-/m1/s1. The third-order valence-corrected chi connectivity index (χ3v) is 3.25.